The molecule has 0 aliphatic rings. The van der Waals surface area contributed by atoms with Gasteiger partial charge in [0.2, 0.25) is 0 Å². The van der Waals surface area contributed by atoms with Crippen LogP contribution in [0.15, 0.2) is 67.0 Å². The summed E-state index contributed by atoms with van der Waals surface area (Å²) in [6.07, 6.45) is 2.58. The van der Waals surface area contributed by atoms with Gasteiger partial charge in [0.1, 0.15) is 12.4 Å². The lowest BCUT2D eigenvalue weighted by molar-refractivity contribution is 0.0743. The second-order valence-electron chi connectivity index (χ2n) is 8.10. The van der Waals surface area contributed by atoms with Crippen molar-refractivity contribution in [1.82, 2.24) is 14.9 Å². The van der Waals surface area contributed by atoms with Crippen LogP contribution in [0.3, 0.4) is 0 Å². The summed E-state index contributed by atoms with van der Waals surface area (Å²) in [6, 6.07) is 19.7. The van der Waals surface area contributed by atoms with Crippen molar-refractivity contribution in [2.75, 3.05) is 19.8 Å². The maximum atomic E-state index is 13.3. The van der Waals surface area contributed by atoms with Crippen molar-refractivity contribution in [2.24, 2.45) is 0 Å². The monoisotopic (exact) mass is 443 g/mol. The lowest BCUT2D eigenvalue weighted by atomic mass is 9.99. The van der Waals surface area contributed by atoms with E-state index in [1.54, 1.807) is 30.6 Å². The highest BCUT2D eigenvalue weighted by atomic mass is 16.5. The number of benzene rings is 3. The SMILES string of the molecule is CCCN(Cc1cc(-c2ccc3nc[nH]c3c2)ccc1C)C(=O)c1ccc(OCCO)cc1. The first-order valence-corrected chi connectivity index (χ1v) is 11.2. The van der Waals surface area contributed by atoms with Gasteiger partial charge in [0.05, 0.1) is 24.0 Å². The maximum Gasteiger partial charge on any atom is 0.254 e. The van der Waals surface area contributed by atoms with Crippen LogP contribution in [-0.4, -0.2) is 45.6 Å². The highest BCUT2D eigenvalue weighted by Crippen LogP contribution is 2.26. The van der Waals surface area contributed by atoms with Crippen LogP contribution >= 0.6 is 0 Å². The zero-order chi connectivity index (χ0) is 23.2. The summed E-state index contributed by atoms with van der Waals surface area (Å²) in [5.41, 5.74) is 7.08. The highest BCUT2D eigenvalue weighted by Gasteiger charge is 2.17. The number of carbonyl (C=O) groups excluding carboxylic acids is 1. The Bertz CT molecular complexity index is 1230. The number of aromatic amines is 1. The standard InChI is InChI=1S/C27H29N3O3/c1-3-12-30(27(32)20-6-9-24(10-7-20)33-14-13-31)17-23-15-21(5-4-19(23)2)22-8-11-25-26(16-22)29-18-28-25/h4-11,15-16,18,31H,3,12-14,17H2,1-2H3,(H,28,29). The van der Waals surface area contributed by atoms with Crippen LogP contribution in [0, 0.1) is 6.92 Å². The van der Waals surface area contributed by atoms with E-state index in [1.807, 2.05) is 11.0 Å². The summed E-state index contributed by atoms with van der Waals surface area (Å²) in [6.45, 7) is 5.57. The van der Waals surface area contributed by atoms with E-state index < -0.39 is 0 Å². The van der Waals surface area contributed by atoms with E-state index in [4.69, 9.17) is 9.84 Å². The molecule has 0 unspecified atom stereocenters. The van der Waals surface area contributed by atoms with E-state index in [2.05, 4.69) is 54.1 Å². The van der Waals surface area contributed by atoms with Crippen LogP contribution in [0.2, 0.25) is 0 Å². The minimum atomic E-state index is -0.0425. The van der Waals surface area contributed by atoms with Gasteiger partial charge in [0.15, 0.2) is 0 Å². The summed E-state index contributed by atoms with van der Waals surface area (Å²) in [5.74, 6) is 0.634. The number of rotatable bonds is 9. The quantitative estimate of drug-likeness (QED) is 0.383. The molecule has 0 aliphatic carbocycles. The molecule has 4 aromatic rings. The molecule has 0 saturated heterocycles. The number of nitrogens with zero attached hydrogens (tertiary/aromatic N) is 2. The number of aliphatic hydroxyl groups is 1. The fourth-order valence-corrected chi connectivity index (χ4v) is 3.90. The molecule has 1 heterocycles. The molecule has 0 radical (unpaired) electrons. The summed E-state index contributed by atoms with van der Waals surface area (Å²) >= 11 is 0. The largest absolute Gasteiger partial charge is 0.491 e. The van der Waals surface area contributed by atoms with Crippen molar-refractivity contribution in [3.63, 3.8) is 0 Å². The summed E-state index contributed by atoms with van der Waals surface area (Å²) in [5, 5.41) is 8.90. The molecular formula is C27H29N3O3. The fourth-order valence-electron chi connectivity index (χ4n) is 3.90. The van der Waals surface area contributed by atoms with E-state index >= 15 is 0 Å². The Morgan fingerprint density at radius 1 is 1.06 bits per heavy atom. The lowest BCUT2D eigenvalue weighted by Gasteiger charge is -2.24. The Kier molecular flexibility index (Phi) is 7.05. The van der Waals surface area contributed by atoms with E-state index in [9.17, 15) is 4.79 Å². The summed E-state index contributed by atoms with van der Waals surface area (Å²) in [7, 11) is 0. The number of aromatic nitrogens is 2. The minimum absolute atomic E-state index is 0.00533. The number of imidazole rings is 1. The van der Waals surface area contributed by atoms with Crippen LogP contribution in [0.1, 0.15) is 34.8 Å². The molecule has 3 aromatic carbocycles. The van der Waals surface area contributed by atoms with Crippen LogP contribution in [-0.2, 0) is 6.54 Å². The third-order valence-electron chi connectivity index (χ3n) is 5.71. The van der Waals surface area contributed by atoms with Gasteiger partial charge in [-0.05, 0) is 78.1 Å². The summed E-state index contributed by atoms with van der Waals surface area (Å²) < 4.78 is 5.40. The summed E-state index contributed by atoms with van der Waals surface area (Å²) in [4.78, 5) is 22.6. The van der Waals surface area contributed by atoms with Crippen molar-refractivity contribution in [3.05, 3.63) is 83.7 Å². The molecule has 0 bridgehead atoms. The van der Waals surface area contributed by atoms with E-state index in [-0.39, 0.29) is 19.1 Å². The van der Waals surface area contributed by atoms with Gasteiger partial charge in [0.25, 0.3) is 5.91 Å². The topological polar surface area (TPSA) is 78.5 Å². The number of amides is 1. The van der Waals surface area contributed by atoms with Crippen molar-refractivity contribution in [1.29, 1.82) is 0 Å². The maximum absolute atomic E-state index is 13.3. The van der Waals surface area contributed by atoms with Crippen LogP contribution in [0.5, 0.6) is 5.75 Å². The molecule has 0 atom stereocenters. The van der Waals surface area contributed by atoms with Crippen LogP contribution in [0.25, 0.3) is 22.2 Å². The molecule has 33 heavy (non-hydrogen) atoms. The van der Waals surface area contributed by atoms with Gasteiger partial charge in [-0.3, -0.25) is 4.79 Å². The first-order chi connectivity index (χ1) is 16.1. The molecule has 2 N–H and O–H groups in total. The smallest absolute Gasteiger partial charge is 0.254 e. The Hall–Kier alpha value is -3.64. The van der Waals surface area contributed by atoms with Crippen LogP contribution < -0.4 is 4.74 Å². The van der Waals surface area contributed by atoms with Crippen LogP contribution in [0.4, 0.5) is 0 Å². The van der Waals surface area contributed by atoms with E-state index in [0.717, 1.165) is 39.7 Å². The highest BCUT2D eigenvalue weighted by molar-refractivity contribution is 5.94. The number of aryl methyl sites for hydroxylation is 1. The normalized spacial score (nSPS) is 11.0. The molecule has 1 aromatic heterocycles. The molecule has 6 heteroatoms. The molecule has 1 amide bonds. The number of hydrogen-bond acceptors (Lipinski definition) is 4. The molecular weight excluding hydrogens is 414 g/mol. The number of aliphatic hydroxyl groups excluding tert-OH is 1. The zero-order valence-electron chi connectivity index (χ0n) is 19.0. The van der Waals surface area contributed by atoms with Crippen molar-refractivity contribution < 1.29 is 14.6 Å². The zero-order valence-corrected chi connectivity index (χ0v) is 19.0. The van der Waals surface area contributed by atoms with Gasteiger partial charge in [-0.15, -0.1) is 0 Å². The molecule has 170 valence electrons. The van der Waals surface area contributed by atoms with Gasteiger partial charge in [-0.1, -0.05) is 25.1 Å². The minimum Gasteiger partial charge on any atom is -0.491 e. The van der Waals surface area contributed by atoms with Crippen molar-refractivity contribution >= 4 is 16.9 Å². The van der Waals surface area contributed by atoms with Crippen molar-refractivity contribution in [3.8, 4) is 16.9 Å². The second-order valence-corrected chi connectivity index (χ2v) is 8.10. The number of carbonyl (C=O) groups is 1. The first-order valence-electron chi connectivity index (χ1n) is 11.2. The molecule has 0 aliphatic heterocycles. The third kappa shape index (κ3) is 5.23. The van der Waals surface area contributed by atoms with Gasteiger partial charge in [-0.2, -0.15) is 0 Å². The third-order valence-corrected chi connectivity index (χ3v) is 5.71. The number of H-pyrrole nitrogens is 1. The Morgan fingerprint density at radius 3 is 2.58 bits per heavy atom. The number of ether oxygens (including phenoxy) is 1. The predicted octanol–water partition coefficient (Wildman–Crippen LogP) is 4.96. The molecule has 0 spiro atoms. The number of fused-ring (bicyclic) bond motifs is 1. The van der Waals surface area contributed by atoms with E-state index in [1.165, 1.54) is 0 Å². The molecule has 0 fully saturated rings. The molecule has 6 nitrogen and oxygen atoms in total. The number of nitrogens with one attached hydrogen (secondary N) is 1. The van der Waals surface area contributed by atoms with E-state index in [0.29, 0.717) is 24.4 Å². The predicted molar refractivity (Wildman–Crippen MR) is 130 cm³/mol. The average Bonchev–Trinajstić information content (AvgIpc) is 3.31. The van der Waals surface area contributed by atoms with Gasteiger partial charge >= 0.3 is 0 Å². The van der Waals surface area contributed by atoms with Gasteiger partial charge in [-0.25, -0.2) is 4.98 Å². The fraction of sp³-hybridized carbons (Fsp3) is 0.259. The lowest BCUT2D eigenvalue weighted by Crippen LogP contribution is -2.31. The molecule has 4 rings (SSSR count). The van der Waals surface area contributed by atoms with Gasteiger partial charge < -0.3 is 19.7 Å². The van der Waals surface area contributed by atoms with Crippen molar-refractivity contribution in [2.45, 2.75) is 26.8 Å². The number of hydrogen-bond donors (Lipinski definition) is 2. The Morgan fingerprint density at radius 2 is 1.82 bits per heavy atom. The molecule has 0 saturated carbocycles. The second kappa shape index (κ2) is 10.3. The average molecular weight is 444 g/mol. The first kappa shape index (κ1) is 22.6. The Labute approximate surface area is 193 Å². The Balaban J connectivity index is 1.56. The van der Waals surface area contributed by atoms with Gasteiger partial charge in [0, 0.05) is 18.7 Å².